The van der Waals surface area contributed by atoms with E-state index in [1.54, 1.807) is 26.0 Å². The van der Waals surface area contributed by atoms with E-state index >= 15 is 0 Å². The Labute approximate surface area is 186 Å². The SMILES string of the molecule is Cc1ccc(-c2nsc(C(F)(F)F)c2COc2ccc(CCC(=O)O)c(C)c2C)cc1F. The molecule has 0 aliphatic heterocycles. The fraction of sp³-hybridized carbons (Fsp3) is 0.304. The Morgan fingerprint density at radius 2 is 1.84 bits per heavy atom. The topological polar surface area (TPSA) is 59.4 Å². The lowest BCUT2D eigenvalue weighted by Crippen LogP contribution is -2.09. The van der Waals surface area contributed by atoms with E-state index in [2.05, 4.69) is 4.37 Å². The third-order valence-corrected chi connectivity index (χ3v) is 6.26. The van der Waals surface area contributed by atoms with Crippen LogP contribution < -0.4 is 4.74 Å². The number of nitrogens with zero attached hydrogens (tertiary/aromatic N) is 1. The summed E-state index contributed by atoms with van der Waals surface area (Å²) >= 11 is 0.309. The molecular formula is C23H21F4NO3S. The van der Waals surface area contributed by atoms with Gasteiger partial charge in [0.25, 0.3) is 0 Å². The number of alkyl halides is 3. The van der Waals surface area contributed by atoms with Crippen molar-refractivity contribution in [1.82, 2.24) is 4.37 Å². The number of carboxylic acid groups (broad SMARTS) is 1. The molecule has 1 N–H and O–H groups in total. The number of carboxylic acids is 1. The molecule has 3 rings (SSSR count). The average molecular weight is 467 g/mol. The predicted molar refractivity (Wildman–Crippen MR) is 113 cm³/mol. The summed E-state index contributed by atoms with van der Waals surface area (Å²) in [5.41, 5.74) is 2.88. The number of rotatable bonds is 7. The molecule has 0 unspecified atom stereocenters. The first kappa shape index (κ1) is 23.7. The van der Waals surface area contributed by atoms with Crippen molar-refractivity contribution in [2.24, 2.45) is 0 Å². The molecule has 0 saturated carbocycles. The van der Waals surface area contributed by atoms with Crippen LogP contribution in [0.1, 0.15) is 39.1 Å². The molecule has 0 radical (unpaired) electrons. The van der Waals surface area contributed by atoms with Gasteiger partial charge in [-0.25, -0.2) is 4.39 Å². The molecule has 0 amide bonds. The van der Waals surface area contributed by atoms with Gasteiger partial charge in [-0.3, -0.25) is 4.79 Å². The first-order valence-corrected chi connectivity index (χ1v) is 10.5. The normalized spacial score (nSPS) is 11.6. The molecule has 9 heteroatoms. The Kier molecular flexibility index (Phi) is 6.88. The van der Waals surface area contributed by atoms with Crippen molar-refractivity contribution >= 4 is 17.5 Å². The summed E-state index contributed by atoms with van der Waals surface area (Å²) in [6.45, 7) is 4.75. The van der Waals surface area contributed by atoms with Crippen LogP contribution in [-0.4, -0.2) is 15.4 Å². The highest BCUT2D eigenvalue weighted by Crippen LogP contribution is 2.40. The first-order valence-electron chi connectivity index (χ1n) is 9.75. The van der Waals surface area contributed by atoms with Gasteiger partial charge in [-0.2, -0.15) is 17.5 Å². The molecule has 0 spiro atoms. The lowest BCUT2D eigenvalue weighted by molar-refractivity contribution is -0.137. The lowest BCUT2D eigenvalue weighted by atomic mass is 9.99. The molecule has 3 aromatic rings. The van der Waals surface area contributed by atoms with Gasteiger partial charge in [0.1, 0.15) is 23.1 Å². The number of aryl methyl sites for hydroxylation is 2. The molecular weight excluding hydrogens is 446 g/mol. The van der Waals surface area contributed by atoms with Gasteiger partial charge in [-0.15, -0.1) is 0 Å². The van der Waals surface area contributed by atoms with Crippen molar-refractivity contribution in [3.8, 4) is 17.0 Å². The summed E-state index contributed by atoms with van der Waals surface area (Å²) < 4.78 is 64.5. The van der Waals surface area contributed by atoms with E-state index in [-0.39, 0.29) is 23.2 Å². The number of hydrogen-bond donors (Lipinski definition) is 1. The van der Waals surface area contributed by atoms with Crippen LogP contribution >= 0.6 is 11.5 Å². The van der Waals surface area contributed by atoms with E-state index in [1.165, 1.54) is 18.2 Å². The van der Waals surface area contributed by atoms with Crippen LogP contribution in [0.4, 0.5) is 17.6 Å². The summed E-state index contributed by atoms with van der Waals surface area (Å²) in [7, 11) is 0. The molecule has 1 aromatic heterocycles. The van der Waals surface area contributed by atoms with Crippen LogP contribution in [0.3, 0.4) is 0 Å². The molecule has 32 heavy (non-hydrogen) atoms. The number of aromatic nitrogens is 1. The Morgan fingerprint density at radius 3 is 2.47 bits per heavy atom. The van der Waals surface area contributed by atoms with E-state index in [4.69, 9.17) is 9.84 Å². The molecule has 0 atom stereocenters. The fourth-order valence-electron chi connectivity index (χ4n) is 3.30. The van der Waals surface area contributed by atoms with Crippen LogP contribution in [0.15, 0.2) is 30.3 Å². The highest BCUT2D eigenvalue weighted by Gasteiger charge is 2.38. The van der Waals surface area contributed by atoms with Crippen molar-refractivity contribution in [3.05, 3.63) is 68.8 Å². The highest BCUT2D eigenvalue weighted by molar-refractivity contribution is 7.06. The molecule has 4 nitrogen and oxygen atoms in total. The lowest BCUT2D eigenvalue weighted by Gasteiger charge is -2.15. The molecule has 0 aliphatic rings. The van der Waals surface area contributed by atoms with Gasteiger partial charge in [0, 0.05) is 17.5 Å². The predicted octanol–water partition coefficient (Wildman–Crippen LogP) is 6.49. The number of halogens is 4. The van der Waals surface area contributed by atoms with Gasteiger partial charge in [0.2, 0.25) is 0 Å². The zero-order valence-corrected chi connectivity index (χ0v) is 18.5. The molecule has 2 aromatic carbocycles. The van der Waals surface area contributed by atoms with Crippen LogP contribution in [0, 0.1) is 26.6 Å². The van der Waals surface area contributed by atoms with Gasteiger partial charge in [-0.05, 0) is 73.1 Å². The van der Waals surface area contributed by atoms with Gasteiger partial charge in [0.15, 0.2) is 0 Å². The number of hydrogen-bond acceptors (Lipinski definition) is 4. The van der Waals surface area contributed by atoms with Gasteiger partial charge in [-0.1, -0.05) is 18.2 Å². The Balaban J connectivity index is 1.93. The fourth-order valence-corrected chi connectivity index (χ4v) is 4.07. The third kappa shape index (κ3) is 5.09. The summed E-state index contributed by atoms with van der Waals surface area (Å²) in [5, 5.41) is 8.88. The van der Waals surface area contributed by atoms with Gasteiger partial charge < -0.3 is 9.84 Å². The number of ether oxygens (including phenoxy) is 1. The molecule has 0 aliphatic carbocycles. The van der Waals surface area contributed by atoms with Crippen molar-refractivity contribution in [1.29, 1.82) is 0 Å². The Hall–Kier alpha value is -2.94. The zero-order chi connectivity index (χ0) is 23.6. The van der Waals surface area contributed by atoms with E-state index in [0.717, 1.165) is 11.1 Å². The van der Waals surface area contributed by atoms with Crippen molar-refractivity contribution in [2.75, 3.05) is 0 Å². The molecule has 0 saturated heterocycles. The van der Waals surface area contributed by atoms with Crippen molar-refractivity contribution in [2.45, 2.75) is 46.4 Å². The van der Waals surface area contributed by atoms with Crippen LogP contribution in [0.25, 0.3) is 11.3 Å². The van der Waals surface area contributed by atoms with Crippen molar-refractivity contribution < 1.29 is 32.2 Å². The monoisotopic (exact) mass is 467 g/mol. The number of aliphatic carboxylic acids is 1. The summed E-state index contributed by atoms with van der Waals surface area (Å²) in [5.74, 6) is -1.05. The highest BCUT2D eigenvalue weighted by atomic mass is 32.1. The maximum Gasteiger partial charge on any atom is 0.427 e. The second kappa shape index (κ2) is 9.28. The molecule has 0 bridgehead atoms. The van der Waals surface area contributed by atoms with E-state index in [9.17, 15) is 22.4 Å². The molecule has 0 fully saturated rings. The maximum absolute atomic E-state index is 14.0. The Morgan fingerprint density at radius 1 is 1.12 bits per heavy atom. The smallest absolute Gasteiger partial charge is 0.427 e. The maximum atomic E-state index is 14.0. The van der Waals surface area contributed by atoms with Crippen LogP contribution in [0.5, 0.6) is 5.75 Å². The minimum absolute atomic E-state index is 0.0214. The van der Waals surface area contributed by atoms with Crippen molar-refractivity contribution in [3.63, 3.8) is 0 Å². The van der Waals surface area contributed by atoms with Gasteiger partial charge in [0.05, 0.1) is 5.69 Å². The largest absolute Gasteiger partial charge is 0.488 e. The summed E-state index contributed by atoms with van der Waals surface area (Å²) in [6, 6.07) is 7.53. The quantitative estimate of drug-likeness (QED) is 0.404. The standard InChI is InChI=1S/C23H21F4NO3S/c1-12-4-5-16(10-18(12)24)21-17(22(32-28-21)23(25,26)27)11-31-19-8-6-15(7-9-20(29)30)13(2)14(19)3/h4-6,8,10H,7,9,11H2,1-3H3,(H,29,30). The molecule has 1 heterocycles. The van der Waals surface area contributed by atoms with E-state index in [0.29, 0.717) is 34.8 Å². The average Bonchev–Trinajstić information content (AvgIpc) is 3.14. The first-order chi connectivity index (χ1) is 15.0. The van der Waals surface area contributed by atoms with E-state index in [1.807, 2.05) is 6.92 Å². The van der Waals surface area contributed by atoms with E-state index < -0.39 is 29.4 Å². The molecule has 170 valence electrons. The summed E-state index contributed by atoms with van der Waals surface area (Å²) in [6.07, 6.45) is -4.30. The second-order valence-corrected chi connectivity index (χ2v) is 8.23. The summed E-state index contributed by atoms with van der Waals surface area (Å²) in [4.78, 5) is 9.94. The Bertz CT molecular complexity index is 1150. The van der Waals surface area contributed by atoms with Gasteiger partial charge >= 0.3 is 12.1 Å². The number of carbonyl (C=O) groups is 1. The minimum Gasteiger partial charge on any atom is -0.488 e. The second-order valence-electron chi connectivity index (χ2n) is 7.46. The van der Waals surface area contributed by atoms with Crippen LogP contribution in [0.2, 0.25) is 0 Å². The minimum atomic E-state index is -4.62. The third-order valence-electron chi connectivity index (χ3n) is 5.32. The number of benzene rings is 2. The van der Waals surface area contributed by atoms with Crippen LogP contribution in [-0.2, 0) is 24.0 Å². The zero-order valence-electron chi connectivity index (χ0n) is 17.6.